The van der Waals surface area contributed by atoms with Crippen LogP contribution in [0.15, 0.2) is 0 Å². The fraction of sp³-hybridized carbons (Fsp3) is 0.917. The Morgan fingerprint density at radius 1 is 1.05 bits per heavy atom. The van der Waals surface area contributed by atoms with Crippen LogP contribution in [0.5, 0.6) is 0 Å². The number of hydrogen-bond acceptors (Lipinski definition) is 2. The number of hydrogen-bond donors (Lipinski definition) is 2. The molecule has 9 heteroatoms. The van der Waals surface area contributed by atoms with E-state index in [4.69, 9.17) is 5.73 Å². The number of halogens is 6. The molecule has 3 nitrogen and oxygen atoms in total. The normalized spacial score (nSPS) is 24.2. The van der Waals surface area contributed by atoms with Crippen molar-refractivity contribution in [3.05, 3.63) is 0 Å². The highest BCUT2D eigenvalue weighted by atomic mass is 19.4. The van der Waals surface area contributed by atoms with Crippen LogP contribution < -0.4 is 11.1 Å². The first kappa shape index (κ1) is 18.1. The molecule has 1 aliphatic rings. The van der Waals surface area contributed by atoms with Gasteiger partial charge in [0.25, 0.3) is 0 Å². The van der Waals surface area contributed by atoms with Gasteiger partial charge < -0.3 is 11.1 Å². The summed E-state index contributed by atoms with van der Waals surface area (Å²) in [4.78, 5) is 11.3. The summed E-state index contributed by atoms with van der Waals surface area (Å²) in [7, 11) is 0. The molecule has 0 aromatic rings. The Bertz CT molecular complexity index is 341. The second-order valence-corrected chi connectivity index (χ2v) is 5.30. The van der Waals surface area contributed by atoms with Gasteiger partial charge in [-0.25, -0.2) is 0 Å². The van der Waals surface area contributed by atoms with Gasteiger partial charge in [-0.15, -0.1) is 0 Å². The molecule has 0 spiro atoms. The molecule has 2 unspecified atom stereocenters. The summed E-state index contributed by atoms with van der Waals surface area (Å²) in [5.41, 5.74) is 5.53. The van der Waals surface area contributed by atoms with Crippen molar-refractivity contribution in [2.45, 2.75) is 38.0 Å². The molecule has 0 heterocycles. The monoisotopic (exact) mass is 320 g/mol. The summed E-state index contributed by atoms with van der Waals surface area (Å²) in [6.45, 7) is 0.103. The molecule has 1 saturated carbocycles. The Labute approximate surface area is 118 Å². The molecule has 0 radical (unpaired) electrons. The van der Waals surface area contributed by atoms with Gasteiger partial charge in [0, 0.05) is 6.54 Å². The fourth-order valence-corrected chi connectivity index (χ4v) is 2.68. The number of alkyl halides is 6. The van der Waals surface area contributed by atoms with Gasteiger partial charge in [0.15, 0.2) is 0 Å². The van der Waals surface area contributed by atoms with E-state index in [9.17, 15) is 31.1 Å². The zero-order chi connectivity index (χ0) is 16.3. The minimum atomic E-state index is -5.65. The van der Waals surface area contributed by atoms with E-state index in [0.717, 1.165) is 19.3 Å². The first-order valence-corrected chi connectivity index (χ1v) is 6.68. The van der Waals surface area contributed by atoms with Crippen molar-refractivity contribution in [2.75, 3.05) is 13.1 Å². The van der Waals surface area contributed by atoms with Crippen LogP contribution in [0.25, 0.3) is 0 Å². The highest BCUT2D eigenvalue weighted by Gasteiger charge is 2.61. The highest BCUT2D eigenvalue weighted by molar-refractivity contribution is 5.80. The minimum absolute atomic E-state index is 0.0225. The van der Waals surface area contributed by atoms with Crippen LogP contribution in [-0.2, 0) is 4.79 Å². The summed E-state index contributed by atoms with van der Waals surface area (Å²) in [5.74, 6) is -6.18. The third-order valence-electron chi connectivity index (χ3n) is 3.82. The number of carbonyl (C=O) groups excluding carboxylic acids is 1. The van der Waals surface area contributed by atoms with Crippen LogP contribution >= 0.6 is 0 Å². The van der Waals surface area contributed by atoms with Crippen LogP contribution in [0.2, 0.25) is 0 Å². The summed E-state index contributed by atoms with van der Waals surface area (Å²) in [6, 6.07) is 0. The molecule has 1 fully saturated rings. The molecule has 1 rings (SSSR count). The van der Waals surface area contributed by atoms with Gasteiger partial charge in [-0.1, -0.05) is 12.8 Å². The second-order valence-electron chi connectivity index (χ2n) is 5.30. The Morgan fingerprint density at radius 3 is 1.95 bits per heavy atom. The second kappa shape index (κ2) is 6.85. The summed E-state index contributed by atoms with van der Waals surface area (Å²) >= 11 is 0. The maximum Gasteiger partial charge on any atom is 0.409 e. The number of rotatable bonds is 4. The Hall–Kier alpha value is -0.990. The number of amides is 1. The average Bonchev–Trinajstić information content (AvgIpc) is 2.33. The van der Waals surface area contributed by atoms with Gasteiger partial charge in [-0.05, 0) is 31.2 Å². The third kappa shape index (κ3) is 5.05. The Kier molecular flexibility index (Phi) is 5.89. The smallest absolute Gasteiger partial charge is 0.355 e. The van der Waals surface area contributed by atoms with E-state index in [-0.39, 0.29) is 18.4 Å². The van der Waals surface area contributed by atoms with E-state index in [2.05, 4.69) is 0 Å². The van der Waals surface area contributed by atoms with E-state index in [1.54, 1.807) is 5.32 Å². The van der Waals surface area contributed by atoms with Crippen molar-refractivity contribution >= 4 is 5.91 Å². The van der Waals surface area contributed by atoms with Crippen molar-refractivity contribution in [3.8, 4) is 0 Å². The molecule has 21 heavy (non-hydrogen) atoms. The topological polar surface area (TPSA) is 55.1 Å². The molecular weight excluding hydrogens is 302 g/mol. The molecule has 1 aliphatic carbocycles. The Morgan fingerprint density at radius 2 is 1.52 bits per heavy atom. The van der Waals surface area contributed by atoms with Crippen molar-refractivity contribution in [2.24, 2.45) is 23.5 Å². The number of carbonyl (C=O) groups is 1. The lowest BCUT2D eigenvalue weighted by Gasteiger charge is -2.31. The maximum absolute atomic E-state index is 12.4. The zero-order valence-electron chi connectivity index (χ0n) is 11.2. The van der Waals surface area contributed by atoms with Gasteiger partial charge in [-0.3, -0.25) is 4.79 Å². The van der Waals surface area contributed by atoms with Crippen molar-refractivity contribution < 1.29 is 31.1 Å². The summed E-state index contributed by atoms with van der Waals surface area (Å²) in [5, 5.41) is 1.80. The molecular formula is C12H18F6N2O. The predicted octanol–water partition coefficient (Wildman–Crippen LogP) is 2.61. The van der Waals surface area contributed by atoms with Crippen LogP contribution in [0, 0.1) is 17.8 Å². The summed E-state index contributed by atoms with van der Waals surface area (Å²) < 4.78 is 74.2. The van der Waals surface area contributed by atoms with Crippen LogP contribution in [0.4, 0.5) is 26.3 Å². The molecule has 0 aromatic heterocycles. The zero-order valence-corrected chi connectivity index (χ0v) is 11.2. The summed E-state index contributed by atoms with van der Waals surface area (Å²) in [6.07, 6.45) is -8.12. The van der Waals surface area contributed by atoms with Crippen molar-refractivity contribution in [1.29, 1.82) is 0 Å². The standard InChI is InChI=1S/C12H18F6N2O/c13-11(14,15)9(12(16,17)18)10(21)20-6-8-4-2-1-3-7(8)5-19/h7-9H,1-6,19H2,(H,20,21). The molecule has 0 bridgehead atoms. The minimum Gasteiger partial charge on any atom is -0.355 e. The van der Waals surface area contributed by atoms with E-state index >= 15 is 0 Å². The largest absolute Gasteiger partial charge is 0.409 e. The number of nitrogens with one attached hydrogen (secondary N) is 1. The quantitative estimate of drug-likeness (QED) is 0.782. The van der Waals surface area contributed by atoms with Crippen molar-refractivity contribution in [3.63, 3.8) is 0 Å². The fourth-order valence-electron chi connectivity index (χ4n) is 2.68. The SMILES string of the molecule is NCC1CCCCC1CNC(=O)C(C(F)(F)F)C(F)(F)F. The highest BCUT2D eigenvalue weighted by Crippen LogP contribution is 2.39. The molecule has 3 N–H and O–H groups in total. The molecule has 1 amide bonds. The Balaban J connectivity index is 2.66. The van der Waals surface area contributed by atoms with E-state index in [1.165, 1.54) is 0 Å². The van der Waals surface area contributed by atoms with Crippen LogP contribution in [0.3, 0.4) is 0 Å². The molecule has 0 aliphatic heterocycles. The molecule has 124 valence electrons. The van der Waals surface area contributed by atoms with Crippen molar-refractivity contribution in [1.82, 2.24) is 5.32 Å². The van der Waals surface area contributed by atoms with Gasteiger partial charge in [0.1, 0.15) is 0 Å². The van der Waals surface area contributed by atoms with Gasteiger partial charge in [0.2, 0.25) is 11.8 Å². The maximum atomic E-state index is 12.4. The number of nitrogens with two attached hydrogens (primary N) is 1. The molecule has 0 saturated heterocycles. The first-order chi connectivity index (χ1) is 9.57. The van der Waals surface area contributed by atoms with Crippen LogP contribution in [0.1, 0.15) is 25.7 Å². The van der Waals surface area contributed by atoms with Gasteiger partial charge >= 0.3 is 12.4 Å². The van der Waals surface area contributed by atoms with Gasteiger partial charge in [0.05, 0.1) is 0 Å². The molecule has 2 atom stereocenters. The lowest BCUT2D eigenvalue weighted by Crippen LogP contribution is -2.49. The average molecular weight is 320 g/mol. The predicted molar refractivity (Wildman–Crippen MR) is 63.1 cm³/mol. The lowest BCUT2D eigenvalue weighted by molar-refractivity contribution is -0.274. The van der Waals surface area contributed by atoms with E-state index in [1.807, 2.05) is 0 Å². The first-order valence-electron chi connectivity index (χ1n) is 6.68. The lowest BCUT2D eigenvalue weighted by atomic mass is 9.79. The van der Waals surface area contributed by atoms with Gasteiger partial charge in [-0.2, -0.15) is 26.3 Å². The van der Waals surface area contributed by atoms with E-state index < -0.39 is 24.2 Å². The van der Waals surface area contributed by atoms with Crippen LogP contribution in [-0.4, -0.2) is 31.3 Å². The third-order valence-corrected chi connectivity index (χ3v) is 3.82. The van der Waals surface area contributed by atoms with E-state index in [0.29, 0.717) is 13.0 Å². The molecule has 0 aromatic carbocycles.